The zero-order chi connectivity index (χ0) is 41.4. The van der Waals surface area contributed by atoms with Gasteiger partial charge in [0.15, 0.2) is 17.2 Å². The molecule has 3 atom stereocenters. The molecule has 3 aliphatic rings. The van der Waals surface area contributed by atoms with Crippen LogP contribution in [0.2, 0.25) is 0 Å². The van der Waals surface area contributed by atoms with Gasteiger partial charge in [-0.15, -0.1) is 0 Å². The van der Waals surface area contributed by atoms with E-state index < -0.39 is 0 Å². The van der Waals surface area contributed by atoms with Crippen LogP contribution in [-0.2, 0) is 6.42 Å². The minimum Gasteiger partial charge on any atom is -0.454 e. The Hall–Kier alpha value is -7.89. The van der Waals surface area contributed by atoms with Crippen molar-refractivity contribution in [1.29, 1.82) is 0 Å². The van der Waals surface area contributed by atoms with Gasteiger partial charge in [-0.3, -0.25) is 0 Å². The van der Waals surface area contributed by atoms with Crippen molar-refractivity contribution in [3.63, 3.8) is 0 Å². The van der Waals surface area contributed by atoms with Crippen LogP contribution in [0, 0.1) is 0 Å². The van der Waals surface area contributed by atoms with Gasteiger partial charge in [0.25, 0.3) is 0 Å². The summed E-state index contributed by atoms with van der Waals surface area (Å²) in [5.41, 5.74) is 14.4. The lowest BCUT2D eigenvalue weighted by Gasteiger charge is -2.29. The van der Waals surface area contributed by atoms with E-state index >= 15 is 0 Å². The number of nitrogens with zero attached hydrogens (tertiary/aromatic N) is 4. The number of anilines is 2. The predicted octanol–water partition coefficient (Wildman–Crippen LogP) is 14.4. The number of para-hydroxylation sites is 1. The Morgan fingerprint density at radius 3 is 2.16 bits per heavy atom. The Kier molecular flexibility index (Phi) is 8.16. The quantitative estimate of drug-likeness (QED) is 0.173. The van der Waals surface area contributed by atoms with Gasteiger partial charge in [-0.2, -0.15) is 0 Å². The molecule has 63 heavy (non-hydrogen) atoms. The van der Waals surface area contributed by atoms with E-state index in [1.807, 2.05) is 6.07 Å². The molecule has 8 aromatic carbocycles. The Morgan fingerprint density at radius 1 is 0.508 bits per heavy atom. The minimum absolute atomic E-state index is 0.0544. The molecular formula is C58H40N4O. The van der Waals surface area contributed by atoms with Crippen LogP contribution in [-0.4, -0.2) is 21.0 Å². The molecule has 2 aliphatic carbocycles. The summed E-state index contributed by atoms with van der Waals surface area (Å²) in [4.78, 5) is 18.9. The Morgan fingerprint density at radius 2 is 1.24 bits per heavy atom. The van der Waals surface area contributed by atoms with Crippen molar-refractivity contribution in [2.24, 2.45) is 0 Å². The highest BCUT2D eigenvalue weighted by Gasteiger charge is 2.39. The second-order valence-electron chi connectivity index (χ2n) is 17.0. The van der Waals surface area contributed by atoms with E-state index in [1.165, 1.54) is 44.3 Å². The molecule has 298 valence electrons. The number of aromatic nitrogens is 3. The summed E-state index contributed by atoms with van der Waals surface area (Å²) in [6.45, 7) is 0. The number of rotatable bonds is 5. The van der Waals surface area contributed by atoms with E-state index in [2.05, 4.69) is 199 Å². The first-order valence-corrected chi connectivity index (χ1v) is 21.9. The van der Waals surface area contributed by atoms with Crippen LogP contribution < -0.4 is 4.90 Å². The number of furan rings is 1. The molecule has 0 bridgehead atoms. The third-order valence-electron chi connectivity index (χ3n) is 13.5. The molecule has 5 heteroatoms. The first-order chi connectivity index (χ1) is 31.2. The Bertz CT molecular complexity index is 3510. The highest BCUT2D eigenvalue weighted by atomic mass is 16.3. The average molecular weight is 809 g/mol. The molecule has 0 amide bonds. The Balaban J connectivity index is 1.04. The van der Waals surface area contributed by atoms with Crippen LogP contribution in [0.15, 0.2) is 205 Å². The first kappa shape index (κ1) is 35.8. The third-order valence-corrected chi connectivity index (χ3v) is 13.5. The van der Waals surface area contributed by atoms with E-state index in [0.717, 1.165) is 68.5 Å². The fraction of sp³-hybridized carbons (Fsp3) is 0.0862. The van der Waals surface area contributed by atoms with Gasteiger partial charge in [-0.05, 0) is 99.0 Å². The van der Waals surface area contributed by atoms with Gasteiger partial charge in [0.05, 0.1) is 11.7 Å². The van der Waals surface area contributed by atoms with Crippen molar-refractivity contribution in [2.45, 2.75) is 30.7 Å². The maximum Gasteiger partial charge on any atom is 0.164 e. The lowest BCUT2D eigenvalue weighted by Crippen LogP contribution is -2.28. The predicted molar refractivity (Wildman–Crippen MR) is 256 cm³/mol. The summed E-state index contributed by atoms with van der Waals surface area (Å²) < 4.78 is 7.01. The van der Waals surface area contributed by atoms with Crippen LogP contribution in [0.4, 0.5) is 11.4 Å². The minimum atomic E-state index is -0.0544. The number of fused-ring (bicyclic) bond motifs is 10. The number of allylic oxidation sites excluding steroid dienone is 2. The lowest BCUT2D eigenvalue weighted by molar-refractivity contribution is 0.663. The molecule has 0 saturated heterocycles. The molecule has 3 heterocycles. The molecule has 2 unspecified atom stereocenters. The van der Waals surface area contributed by atoms with Crippen molar-refractivity contribution in [2.75, 3.05) is 4.90 Å². The lowest BCUT2D eigenvalue weighted by atomic mass is 9.90. The zero-order valence-corrected chi connectivity index (χ0v) is 34.4. The maximum absolute atomic E-state index is 7.01. The molecule has 0 N–H and O–H groups in total. The van der Waals surface area contributed by atoms with Gasteiger partial charge in [0.2, 0.25) is 0 Å². The van der Waals surface area contributed by atoms with Crippen molar-refractivity contribution >= 4 is 44.1 Å². The fourth-order valence-electron chi connectivity index (χ4n) is 10.5. The summed E-state index contributed by atoms with van der Waals surface area (Å²) in [5, 5.41) is 4.50. The SMILES string of the molecule is C1=CC2c3cc4ccccc4cc3N(c3ccc(-c4nc(-c5cccc(-c6ccccc6)c5)nc([C@H]5CCc6ccccc6-c6ccccc65)n4)c4c3oc3ccccc34)C2C=C1. The molecule has 0 fully saturated rings. The summed E-state index contributed by atoms with van der Waals surface area (Å²) in [5.74, 6) is 2.21. The summed E-state index contributed by atoms with van der Waals surface area (Å²) in [7, 11) is 0. The number of benzene rings is 8. The van der Waals surface area contributed by atoms with Crippen LogP contribution in [0.1, 0.15) is 40.8 Å². The molecular weight excluding hydrogens is 769 g/mol. The summed E-state index contributed by atoms with van der Waals surface area (Å²) in [6, 6.07) is 63.0. The molecule has 13 rings (SSSR count). The van der Waals surface area contributed by atoms with Gasteiger partial charge < -0.3 is 9.32 Å². The van der Waals surface area contributed by atoms with Gasteiger partial charge >= 0.3 is 0 Å². The maximum atomic E-state index is 7.01. The highest BCUT2D eigenvalue weighted by Crippen LogP contribution is 2.52. The van der Waals surface area contributed by atoms with E-state index in [0.29, 0.717) is 11.6 Å². The van der Waals surface area contributed by atoms with Crippen molar-refractivity contribution in [1.82, 2.24) is 15.0 Å². The van der Waals surface area contributed by atoms with E-state index in [-0.39, 0.29) is 17.9 Å². The van der Waals surface area contributed by atoms with E-state index in [9.17, 15) is 0 Å². The van der Waals surface area contributed by atoms with Crippen molar-refractivity contribution in [3.05, 3.63) is 223 Å². The summed E-state index contributed by atoms with van der Waals surface area (Å²) in [6.07, 6.45) is 10.8. The van der Waals surface area contributed by atoms with Crippen molar-refractivity contribution in [3.8, 4) is 45.0 Å². The van der Waals surface area contributed by atoms with Crippen LogP contribution >= 0.6 is 0 Å². The van der Waals surface area contributed by atoms with Crippen LogP contribution in [0.5, 0.6) is 0 Å². The standard InChI is InChI=1S/C58H40N4O/c1-2-15-36(16-3-1)38-20-14-21-41(33-38)56-59-57(46-30-29-37-17-6-7-22-42(37)43-23-8-9-24-44(43)46)61-58(60-56)48-31-32-51(55-54(48)47-26-11-13-28-53(47)63-55)62-50-27-12-10-25-45(50)49-34-39-18-4-5-19-40(39)35-52(49)62/h1-28,31-35,45-46,50H,29-30H2/t45?,46-,50?/m0/s1. The van der Waals surface area contributed by atoms with E-state index in [4.69, 9.17) is 19.4 Å². The Labute approximate surface area is 365 Å². The largest absolute Gasteiger partial charge is 0.454 e. The van der Waals surface area contributed by atoms with Crippen molar-refractivity contribution < 1.29 is 4.42 Å². The monoisotopic (exact) mass is 808 g/mol. The van der Waals surface area contributed by atoms with Gasteiger partial charge in [-0.1, -0.05) is 164 Å². The molecule has 1 aliphatic heterocycles. The number of aryl methyl sites for hydroxylation is 1. The van der Waals surface area contributed by atoms with Crippen LogP contribution in [0.25, 0.3) is 77.7 Å². The first-order valence-electron chi connectivity index (χ1n) is 21.9. The molecule has 5 nitrogen and oxygen atoms in total. The molecule has 2 aromatic heterocycles. The number of hydrogen-bond acceptors (Lipinski definition) is 5. The number of hydrogen-bond donors (Lipinski definition) is 0. The van der Waals surface area contributed by atoms with E-state index in [1.54, 1.807) is 0 Å². The molecule has 0 saturated carbocycles. The van der Waals surface area contributed by atoms with Crippen LogP contribution in [0.3, 0.4) is 0 Å². The molecule has 10 aromatic rings. The topological polar surface area (TPSA) is 55.1 Å². The average Bonchev–Trinajstić information content (AvgIpc) is 3.84. The zero-order valence-electron chi connectivity index (χ0n) is 34.4. The molecule has 0 radical (unpaired) electrons. The third kappa shape index (κ3) is 5.80. The summed E-state index contributed by atoms with van der Waals surface area (Å²) >= 11 is 0. The second kappa shape index (κ2) is 14.4. The van der Waals surface area contributed by atoms with Gasteiger partial charge in [0, 0.05) is 39.4 Å². The smallest absolute Gasteiger partial charge is 0.164 e. The van der Waals surface area contributed by atoms with Gasteiger partial charge in [0.1, 0.15) is 11.4 Å². The molecule has 0 spiro atoms. The fourth-order valence-corrected chi connectivity index (χ4v) is 10.5. The normalized spacial score (nSPS) is 17.4. The second-order valence-corrected chi connectivity index (χ2v) is 17.0. The van der Waals surface area contributed by atoms with Gasteiger partial charge in [-0.25, -0.2) is 15.0 Å². The highest BCUT2D eigenvalue weighted by molar-refractivity contribution is 6.16.